The third-order valence-electron chi connectivity index (χ3n) is 4.87. The summed E-state index contributed by atoms with van der Waals surface area (Å²) in [5.41, 5.74) is -0.348. The molecule has 0 unspecified atom stereocenters. The first-order chi connectivity index (χ1) is 16.2. The van der Waals surface area contributed by atoms with Gasteiger partial charge >= 0.3 is 5.97 Å². The van der Waals surface area contributed by atoms with E-state index < -0.39 is 48.1 Å². The summed E-state index contributed by atoms with van der Waals surface area (Å²) < 4.78 is 64.3. The van der Waals surface area contributed by atoms with E-state index in [2.05, 4.69) is 19.8 Å². The second kappa shape index (κ2) is 9.29. The van der Waals surface area contributed by atoms with Gasteiger partial charge in [-0.15, -0.1) is 0 Å². The lowest BCUT2D eigenvalue weighted by molar-refractivity contribution is -0.141. The zero-order valence-electron chi connectivity index (χ0n) is 17.4. The fourth-order valence-electron chi connectivity index (χ4n) is 3.40. The summed E-state index contributed by atoms with van der Waals surface area (Å²) in [7, 11) is 1.11. The van der Waals surface area contributed by atoms with Gasteiger partial charge in [0, 0.05) is 11.5 Å². The van der Waals surface area contributed by atoms with E-state index in [4.69, 9.17) is 16.3 Å². The molecule has 0 aliphatic heterocycles. The minimum Gasteiger partial charge on any atom is -0.486 e. The molecule has 4 aromatic rings. The summed E-state index contributed by atoms with van der Waals surface area (Å²) in [5.74, 6) is -2.47. The topological polar surface area (TPSA) is 99.1 Å². The number of ether oxygens (including phenoxy) is 2. The molecule has 0 saturated carbocycles. The van der Waals surface area contributed by atoms with Crippen LogP contribution >= 0.6 is 11.6 Å². The number of nitrogens with zero attached hydrogens (tertiary/aromatic N) is 3. The van der Waals surface area contributed by atoms with E-state index in [1.165, 1.54) is 12.1 Å². The van der Waals surface area contributed by atoms with Crippen LogP contribution < -0.4 is 10.3 Å². The molecule has 0 radical (unpaired) electrons. The van der Waals surface area contributed by atoms with Gasteiger partial charge in [0.15, 0.2) is 0 Å². The number of aromatic amines is 1. The number of alkyl halides is 2. The van der Waals surface area contributed by atoms with E-state index in [1.807, 2.05) is 0 Å². The summed E-state index contributed by atoms with van der Waals surface area (Å²) in [6, 6.07) is 4.43. The van der Waals surface area contributed by atoms with Gasteiger partial charge in [-0.25, -0.2) is 27.2 Å². The number of halogens is 5. The Balaban J connectivity index is 1.80. The third kappa shape index (κ3) is 4.53. The fraction of sp³-hybridized carbons (Fsp3) is 0.238. The first kappa shape index (κ1) is 23.5. The summed E-state index contributed by atoms with van der Waals surface area (Å²) in [6.07, 6.45) is -2.89. The van der Waals surface area contributed by atoms with Crippen LogP contribution in [0.25, 0.3) is 21.8 Å². The Bertz CT molecular complexity index is 1470. The standard InChI is InChI=1S/C21H15ClF4N4O4/c1-33-18(31)7-30-21(32)20-11(24)3-2-10(23)19(20)14(29-30)6-17-27-12-4-9(22)15(5-13(12)28-17)34-8-16(25)26/h2-5,16H,6-8H2,1H3,(H,27,28). The van der Waals surface area contributed by atoms with Gasteiger partial charge in [-0.3, -0.25) is 9.59 Å². The Labute approximate surface area is 193 Å². The van der Waals surface area contributed by atoms with Gasteiger partial charge in [0.25, 0.3) is 12.0 Å². The Kier molecular flexibility index (Phi) is 6.42. The molecule has 178 valence electrons. The number of hydrogen-bond acceptors (Lipinski definition) is 6. The van der Waals surface area contributed by atoms with Gasteiger partial charge < -0.3 is 14.5 Å². The summed E-state index contributed by atoms with van der Waals surface area (Å²) >= 11 is 6.07. The molecule has 34 heavy (non-hydrogen) atoms. The number of nitrogens with one attached hydrogen (secondary N) is 1. The molecule has 13 heteroatoms. The van der Waals surface area contributed by atoms with Crippen LogP contribution in [0.4, 0.5) is 17.6 Å². The maximum Gasteiger partial charge on any atom is 0.327 e. The van der Waals surface area contributed by atoms with E-state index in [1.54, 1.807) is 0 Å². The number of rotatable bonds is 7. The molecule has 0 saturated heterocycles. The highest BCUT2D eigenvalue weighted by Gasteiger charge is 2.21. The van der Waals surface area contributed by atoms with E-state index >= 15 is 0 Å². The smallest absolute Gasteiger partial charge is 0.327 e. The minimum absolute atomic E-state index is 0.00386. The Morgan fingerprint density at radius 2 is 1.91 bits per heavy atom. The molecule has 0 aliphatic carbocycles. The predicted octanol–water partition coefficient (Wildman–Crippen LogP) is 3.61. The molecule has 8 nitrogen and oxygen atoms in total. The molecular weight excluding hydrogens is 484 g/mol. The third-order valence-corrected chi connectivity index (χ3v) is 5.17. The molecule has 0 spiro atoms. The lowest BCUT2D eigenvalue weighted by Crippen LogP contribution is -2.29. The number of imidazole rings is 1. The van der Waals surface area contributed by atoms with Gasteiger partial charge in [0.1, 0.15) is 36.4 Å². The molecule has 4 rings (SSSR count). The van der Waals surface area contributed by atoms with Gasteiger partial charge in [-0.2, -0.15) is 5.10 Å². The molecule has 0 aliphatic rings. The van der Waals surface area contributed by atoms with Crippen molar-refractivity contribution in [1.29, 1.82) is 0 Å². The van der Waals surface area contributed by atoms with E-state index in [0.29, 0.717) is 15.7 Å². The molecule has 2 aromatic heterocycles. The summed E-state index contributed by atoms with van der Waals surface area (Å²) in [4.78, 5) is 31.6. The molecule has 2 heterocycles. The van der Waals surface area contributed by atoms with Crippen molar-refractivity contribution in [2.45, 2.75) is 19.4 Å². The van der Waals surface area contributed by atoms with Crippen molar-refractivity contribution in [2.24, 2.45) is 0 Å². The number of aromatic nitrogens is 4. The summed E-state index contributed by atoms with van der Waals surface area (Å²) in [6.45, 7) is -1.47. The maximum absolute atomic E-state index is 14.7. The predicted molar refractivity (Wildman–Crippen MR) is 113 cm³/mol. The molecule has 0 fully saturated rings. The van der Waals surface area contributed by atoms with Crippen LogP contribution in [-0.2, 0) is 22.5 Å². The van der Waals surface area contributed by atoms with Crippen LogP contribution in [0.2, 0.25) is 5.02 Å². The van der Waals surface area contributed by atoms with Crippen molar-refractivity contribution in [3.8, 4) is 5.75 Å². The number of H-pyrrole nitrogens is 1. The SMILES string of the molecule is COC(=O)Cn1nc(Cc2nc3cc(OCC(F)F)c(Cl)cc3[nH]2)c2c(F)ccc(F)c2c1=O. The van der Waals surface area contributed by atoms with Crippen LogP contribution in [0, 0.1) is 11.6 Å². The van der Waals surface area contributed by atoms with Crippen molar-refractivity contribution in [1.82, 2.24) is 19.7 Å². The summed E-state index contributed by atoms with van der Waals surface area (Å²) in [5, 5.41) is 3.17. The number of esters is 1. The zero-order valence-corrected chi connectivity index (χ0v) is 18.1. The van der Waals surface area contributed by atoms with Crippen LogP contribution in [-0.4, -0.2) is 45.9 Å². The van der Waals surface area contributed by atoms with E-state index in [-0.39, 0.29) is 34.1 Å². The number of fused-ring (bicyclic) bond motifs is 2. The highest BCUT2D eigenvalue weighted by atomic mass is 35.5. The number of hydrogen-bond donors (Lipinski definition) is 1. The Morgan fingerprint density at radius 3 is 2.59 bits per heavy atom. The average Bonchev–Trinajstić information content (AvgIpc) is 3.17. The average molecular weight is 499 g/mol. The number of benzene rings is 2. The van der Waals surface area contributed by atoms with Crippen LogP contribution in [0.3, 0.4) is 0 Å². The van der Waals surface area contributed by atoms with Gasteiger partial charge in [-0.05, 0) is 18.2 Å². The van der Waals surface area contributed by atoms with Crippen molar-refractivity contribution < 1.29 is 31.8 Å². The monoisotopic (exact) mass is 498 g/mol. The number of carbonyl (C=O) groups is 1. The van der Waals surface area contributed by atoms with Gasteiger partial charge in [0.2, 0.25) is 0 Å². The van der Waals surface area contributed by atoms with Gasteiger partial charge in [0.05, 0.1) is 40.7 Å². The second-order valence-electron chi connectivity index (χ2n) is 7.13. The first-order valence-corrected chi connectivity index (χ1v) is 10.1. The minimum atomic E-state index is -2.70. The Hall–Kier alpha value is -3.67. The normalized spacial score (nSPS) is 11.5. The molecular formula is C21H15ClF4N4O4. The first-order valence-electron chi connectivity index (χ1n) is 9.71. The van der Waals surface area contributed by atoms with Crippen molar-refractivity contribution in [3.05, 3.63) is 62.8 Å². The maximum atomic E-state index is 14.7. The van der Waals surface area contributed by atoms with Crippen LogP contribution in [0.15, 0.2) is 29.1 Å². The van der Waals surface area contributed by atoms with Crippen LogP contribution in [0.5, 0.6) is 5.75 Å². The fourth-order valence-corrected chi connectivity index (χ4v) is 3.62. The molecule has 0 amide bonds. The molecule has 1 N–H and O–H groups in total. The van der Waals surface area contributed by atoms with Gasteiger partial charge in [-0.1, -0.05) is 11.6 Å². The largest absolute Gasteiger partial charge is 0.486 e. The van der Waals surface area contributed by atoms with Crippen molar-refractivity contribution in [3.63, 3.8) is 0 Å². The lowest BCUT2D eigenvalue weighted by Gasteiger charge is -2.11. The van der Waals surface area contributed by atoms with Crippen molar-refractivity contribution >= 4 is 39.4 Å². The quantitative estimate of drug-likeness (QED) is 0.309. The molecule has 0 atom stereocenters. The highest BCUT2D eigenvalue weighted by molar-refractivity contribution is 6.32. The molecule has 0 bridgehead atoms. The zero-order chi connectivity index (χ0) is 24.6. The second-order valence-corrected chi connectivity index (χ2v) is 7.53. The lowest BCUT2D eigenvalue weighted by atomic mass is 10.1. The highest BCUT2D eigenvalue weighted by Crippen LogP contribution is 2.30. The van der Waals surface area contributed by atoms with E-state index in [0.717, 1.165) is 19.2 Å². The Morgan fingerprint density at radius 1 is 1.21 bits per heavy atom. The number of carbonyl (C=O) groups excluding carboxylic acids is 1. The number of methoxy groups -OCH3 is 1. The van der Waals surface area contributed by atoms with Crippen molar-refractivity contribution in [2.75, 3.05) is 13.7 Å². The molecule has 2 aromatic carbocycles. The van der Waals surface area contributed by atoms with E-state index in [9.17, 15) is 27.2 Å². The van der Waals surface area contributed by atoms with Crippen LogP contribution in [0.1, 0.15) is 11.5 Å².